The maximum absolute atomic E-state index is 6.00. The Labute approximate surface area is 134 Å². The molecule has 0 aliphatic rings. The molecule has 108 valence electrons. The Morgan fingerprint density at radius 2 is 2.05 bits per heavy atom. The van der Waals surface area contributed by atoms with Crippen LogP contribution in [-0.4, -0.2) is 12.0 Å². The van der Waals surface area contributed by atoms with Gasteiger partial charge in [-0.05, 0) is 30.5 Å². The van der Waals surface area contributed by atoms with Crippen molar-refractivity contribution in [2.24, 2.45) is 0 Å². The molecule has 1 unspecified atom stereocenters. The minimum atomic E-state index is 0.319. The highest BCUT2D eigenvalue weighted by Gasteiger charge is 2.16. The molecule has 0 N–H and O–H groups in total. The minimum Gasteiger partial charge on any atom is -0.366 e. The molecule has 0 radical (unpaired) electrons. The van der Waals surface area contributed by atoms with Gasteiger partial charge in [-0.2, -0.15) is 0 Å². The predicted octanol–water partition coefficient (Wildman–Crippen LogP) is 5.23. The number of pyridine rings is 1. The molecule has 0 aliphatic heterocycles. The van der Waals surface area contributed by atoms with Gasteiger partial charge in [-0.3, -0.25) is 4.98 Å². The summed E-state index contributed by atoms with van der Waals surface area (Å²) in [4.78, 5) is 8.25. The number of fused-ring (bicyclic) bond motifs is 1. The van der Waals surface area contributed by atoms with Crippen LogP contribution in [0.4, 0.5) is 5.69 Å². The van der Waals surface area contributed by atoms with Crippen molar-refractivity contribution >= 4 is 39.5 Å². The summed E-state index contributed by atoms with van der Waals surface area (Å²) in [7, 11) is 2.13. The third-order valence-corrected chi connectivity index (χ3v) is 5.12. The molecular formula is C17H17ClN2S. The number of rotatable bonds is 4. The fourth-order valence-electron chi connectivity index (χ4n) is 2.50. The molecule has 0 amide bonds. The molecule has 0 saturated heterocycles. The highest BCUT2D eigenvalue weighted by molar-refractivity contribution is 7.10. The van der Waals surface area contributed by atoms with E-state index < -0.39 is 0 Å². The quantitative estimate of drug-likeness (QED) is 0.612. The van der Waals surface area contributed by atoms with Crippen molar-refractivity contribution in [1.29, 1.82) is 0 Å². The third-order valence-electron chi connectivity index (χ3n) is 3.80. The second-order valence-electron chi connectivity index (χ2n) is 5.09. The van der Waals surface area contributed by atoms with Crippen LogP contribution in [0, 0.1) is 0 Å². The molecule has 0 spiro atoms. The number of anilines is 1. The number of alkyl halides is 1. The van der Waals surface area contributed by atoms with Crippen molar-refractivity contribution in [3.63, 3.8) is 0 Å². The number of hydrogen-bond donors (Lipinski definition) is 0. The van der Waals surface area contributed by atoms with Crippen molar-refractivity contribution in [1.82, 2.24) is 4.98 Å². The molecule has 1 aromatic carbocycles. The zero-order valence-corrected chi connectivity index (χ0v) is 13.7. The van der Waals surface area contributed by atoms with Gasteiger partial charge < -0.3 is 4.90 Å². The van der Waals surface area contributed by atoms with Crippen LogP contribution in [0.3, 0.4) is 0 Å². The lowest BCUT2D eigenvalue weighted by atomic mass is 10.1. The molecule has 0 saturated carbocycles. The molecule has 2 nitrogen and oxygen atoms in total. The molecule has 0 fully saturated rings. The second-order valence-corrected chi connectivity index (χ2v) is 6.33. The van der Waals surface area contributed by atoms with E-state index in [9.17, 15) is 0 Å². The van der Waals surface area contributed by atoms with Gasteiger partial charge >= 0.3 is 0 Å². The lowest BCUT2D eigenvalue weighted by Crippen LogP contribution is -2.21. The lowest BCUT2D eigenvalue weighted by Gasteiger charge is -2.28. The summed E-state index contributed by atoms with van der Waals surface area (Å²) < 4.78 is 0. The van der Waals surface area contributed by atoms with E-state index in [1.54, 1.807) is 11.3 Å². The smallest absolute Gasteiger partial charge is 0.0726 e. The molecule has 0 aliphatic carbocycles. The van der Waals surface area contributed by atoms with Gasteiger partial charge in [-0.15, -0.1) is 22.9 Å². The van der Waals surface area contributed by atoms with Gasteiger partial charge in [0.25, 0.3) is 0 Å². The summed E-state index contributed by atoms with van der Waals surface area (Å²) in [5.74, 6) is 0.430. The monoisotopic (exact) mass is 316 g/mol. The largest absolute Gasteiger partial charge is 0.366 e. The first-order valence-corrected chi connectivity index (χ1v) is 8.33. The Hall–Kier alpha value is -1.58. The van der Waals surface area contributed by atoms with E-state index in [1.807, 2.05) is 12.1 Å². The van der Waals surface area contributed by atoms with Crippen molar-refractivity contribution < 1.29 is 0 Å². The summed E-state index contributed by atoms with van der Waals surface area (Å²) in [6.45, 7) is 2.22. The van der Waals surface area contributed by atoms with Crippen molar-refractivity contribution in [2.75, 3.05) is 11.9 Å². The predicted molar refractivity (Wildman–Crippen MR) is 92.4 cm³/mol. The van der Waals surface area contributed by atoms with E-state index in [1.165, 1.54) is 10.6 Å². The number of aromatic nitrogens is 1. The van der Waals surface area contributed by atoms with Crippen LogP contribution in [0.25, 0.3) is 10.9 Å². The van der Waals surface area contributed by atoms with E-state index in [0.29, 0.717) is 11.9 Å². The normalized spacial score (nSPS) is 12.5. The van der Waals surface area contributed by atoms with E-state index >= 15 is 0 Å². The fraction of sp³-hybridized carbons (Fsp3) is 0.235. The zero-order chi connectivity index (χ0) is 14.8. The molecule has 3 aromatic rings. The summed E-state index contributed by atoms with van der Waals surface area (Å²) in [5, 5.41) is 3.28. The van der Waals surface area contributed by atoms with Gasteiger partial charge in [-0.25, -0.2) is 0 Å². The molecule has 2 aromatic heterocycles. The van der Waals surface area contributed by atoms with Crippen LogP contribution in [0.2, 0.25) is 0 Å². The minimum absolute atomic E-state index is 0.319. The first-order chi connectivity index (χ1) is 10.2. The van der Waals surface area contributed by atoms with Crippen molar-refractivity contribution in [3.05, 3.63) is 58.4 Å². The number of thiophene rings is 1. The van der Waals surface area contributed by atoms with Crippen LogP contribution >= 0.6 is 22.9 Å². The first-order valence-electron chi connectivity index (χ1n) is 6.91. The Morgan fingerprint density at radius 3 is 2.76 bits per heavy atom. The van der Waals surface area contributed by atoms with E-state index in [-0.39, 0.29) is 0 Å². The van der Waals surface area contributed by atoms with Gasteiger partial charge in [0, 0.05) is 23.0 Å². The highest BCUT2D eigenvalue weighted by atomic mass is 35.5. The number of nitrogens with zero attached hydrogens (tertiary/aromatic N) is 2. The van der Waals surface area contributed by atoms with Crippen LogP contribution in [0.1, 0.15) is 23.5 Å². The first kappa shape index (κ1) is 14.4. The fourth-order valence-corrected chi connectivity index (χ4v) is 3.46. The second kappa shape index (κ2) is 6.04. The van der Waals surface area contributed by atoms with Crippen molar-refractivity contribution in [3.8, 4) is 0 Å². The number of hydrogen-bond acceptors (Lipinski definition) is 3. The van der Waals surface area contributed by atoms with Gasteiger partial charge in [0.2, 0.25) is 0 Å². The molecular weight excluding hydrogens is 300 g/mol. The standard InChI is InChI=1S/C17H17ClN2S/c1-12(17-8-5-9-21-17)20(2)16-10-13(11-18)19-15-7-4-3-6-14(15)16/h3-10,12H,11H2,1-2H3. The molecule has 4 heteroatoms. The summed E-state index contributed by atoms with van der Waals surface area (Å²) in [6, 6.07) is 14.9. The lowest BCUT2D eigenvalue weighted by molar-refractivity contribution is 0.756. The molecule has 3 rings (SSSR count). The molecule has 21 heavy (non-hydrogen) atoms. The molecule has 1 atom stereocenters. The van der Waals surface area contributed by atoms with Crippen LogP contribution < -0.4 is 4.90 Å². The summed E-state index contributed by atoms with van der Waals surface area (Å²) in [5.41, 5.74) is 3.09. The topological polar surface area (TPSA) is 16.1 Å². The number of halogens is 1. The Balaban J connectivity index is 2.10. The maximum atomic E-state index is 6.00. The number of para-hydroxylation sites is 1. The summed E-state index contributed by atoms with van der Waals surface area (Å²) >= 11 is 7.79. The van der Waals surface area contributed by atoms with Crippen LogP contribution in [0.5, 0.6) is 0 Å². The average Bonchev–Trinajstić information content (AvgIpc) is 3.06. The van der Waals surface area contributed by atoms with Gasteiger partial charge in [0.05, 0.1) is 23.1 Å². The van der Waals surface area contributed by atoms with E-state index in [4.69, 9.17) is 11.6 Å². The van der Waals surface area contributed by atoms with Gasteiger partial charge in [-0.1, -0.05) is 24.3 Å². The maximum Gasteiger partial charge on any atom is 0.0726 e. The third kappa shape index (κ3) is 2.76. The molecule has 2 heterocycles. The Morgan fingerprint density at radius 1 is 1.24 bits per heavy atom. The average molecular weight is 317 g/mol. The SMILES string of the molecule is CC(c1cccs1)N(C)c1cc(CCl)nc2ccccc12. The Kier molecular flexibility index (Phi) is 4.13. The van der Waals surface area contributed by atoms with Crippen LogP contribution in [0.15, 0.2) is 47.8 Å². The highest BCUT2D eigenvalue weighted by Crippen LogP contribution is 2.33. The van der Waals surface area contributed by atoms with E-state index in [0.717, 1.165) is 16.6 Å². The zero-order valence-electron chi connectivity index (χ0n) is 12.1. The van der Waals surface area contributed by atoms with E-state index in [2.05, 4.69) is 59.6 Å². The van der Waals surface area contributed by atoms with Crippen LogP contribution in [-0.2, 0) is 5.88 Å². The molecule has 0 bridgehead atoms. The summed E-state index contributed by atoms with van der Waals surface area (Å²) in [6.07, 6.45) is 0. The van der Waals surface area contributed by atoms with Crippen molar-refractivity contribution in [2.45, 2.75) is 18.8 Å². The van der Waals surface area contributed by atoms with Gasteiger partial charge in [0.1, 0.15) is 0 Å². The Bertz CT molecular complexity index is 740. The number of benzene rings is 1. The van der Waals surface area contributed by atoms with Gasteiger partial charge in [0.15, 0.2) is 0 Å².